The van der Waals surface area contributed by atoms with Gasteiger partial charge in [-0.1, -0.05) is 42.5 Å². The summed E-state index contributed by atoms with van der Waals surface area (Å²) in [5, 5.41) is 6.42. The number of amides is 1. The van der Waals surface area contributed by atoms with E-state index in [1.807, 2.05) is 65.4 Å². The Morgan fingerprint density at radius 2 is 1.84 bits per heavy atom. The molecular formula is C25H21N5O. The molecule has 4 aromatic rings. The lowest BCUT2D eigenvalue weighted by atomic mass is 9.99. The molecule has 0 radical (unpaired) electrons. The second-order valence-corrected chi connectivity index (χ2v) is 7.43. The van der Waals surface area contributed by atoms with E-state index in [2.05, 4.69) is 27.8 Å². The standard InChI is InChI=1S/C25H21N5O/c26-19-8-11-22-21(14-19)23(25(31)29-22)24(18-4-2-1-3-5-18)28-20-9-6-17(7-10-20)15-30-13-12-27-16-30/h1-14,16,28H,15,26H2,(H,29,31)/b24-23-. The van der Waals surface area contributed by atoms with Crippen molar-refractivity contribution in [2.24, 2.45) is 0 Å². The molecule has 0 bridgehead atoms. The van der Waals surface area contributed by atoms with E-state index < -0.39 is 0 Å². The van der Waals surface area contributed by atoms with Crippen molar-refractivity contribution >= 4 is 34.2 Å². The highest BCUT2D eigenvalue weighted by Gasteiger charge is 2.28. The second-order valence-electron chi connectivity index (χ2n) is 7.43. The molecule has 6 heteroatoms. The number of imidazole rings is 1. The van der Waals surface area contributed by atoms with Gasteiger partial charge in [0.15, 0.2) is 0 Å². The number of nitrogens with two attached hydrogens (primary N) is 1. The molecule has 31 heavy (non-hydrogen) atoms. The van der Waals surface area contributed by atoms with Gasteiger partial charge >= 0.3 is 0 Å². The maximum Gasteiger partial charge on any atom is 0.258 e. The number of nitrogen functional groups attached to an aromatic ring is 1. The Hall–Kier alpha value is -4.32. The first-order valence-corrected chi connectivity index (χ1v) is 10.00. The van der Waals surface area contributed by atoms with Crippen molar-refractivity contribution in [2.45, 2.75) is 6.54 Å². The highest BCUT2D eigenvalue weighted by atomic mass is 16.2. The van der Waals surface area contributed by atoms with E-state index in [1.54, 1.807) is 18.6 Å². The lowest BCUT2D eigenvalue weighted by molar-refractivity contribution is -0.110. The smallest absolute Gasteiger partial charge is 0.258 e. The zero-order valence-corrected chi connectivity index (χ0v) is 16.7. The minimum Gasteiger partial charge on any atom is -0.399 e. The fraction of sp³-hybridized carbons (Fsp3) is 0.0400. The van der Waals surface area contributed by atoms with Gasteiger partial charge in [0.1, 0.15) is 0 Å². The normalized spacial score (nSPS) is 14.1. The largest absolute Gasteiger partial charge is 0.399 e. The number of fused-ring (bicyclic) bond motifs is 1. The van der Waals surface area contributed by atoms with Gasteiger partial charge in [-0.15, -0.1) is 0 Å². The van der Waals surface area contributed by atoms with Crippen LogP contribution in [0.3, 0.4) is 0 Å². The van der Waals surface area contributed by atoms with Crippen molar-refractivity contribution in [1.82, 2.24) is 9.55 Å². The molecule has 0 fully saturated rings. The summed E-state index contributed by atoms with van der Waals surface area (Å²) in [6, 6.07) is 23.5. The van der Waals surface area contributed by atoms with Gasteiger partial charge in [-0.3, -0.25) is 4.79 Å². The Morgan fingerprint density at radius 1 is 1.03 bits per heavy atom. The zero-order valence-electron chi connectivity index (χ0n) is 16.7. The maximum atomic E-state index is 12.9. The number of carbonyl (C=O) groups is 1. The predicted octanol–water partition coefficient (Wildman–Crippen LogP) is 4.45. The molecule has 5 rings (SSSR count). The summed E-state index contributed by atoms with van der Waals surface area (Å²) in [6.07, 6.45) is 5.50. The summed E-state index contributed by atoms with van der Waals surface area (Å²) in [4.78, 5) is 17.0. The molecule has 1 aromatic heterocycles. The van der Waals surface area contributed by atoms with Crippen LogP contribution < -0.4 is 16.4 Å². The molecule has 6 nitrogen and oxygen atoms in total. The number of aromatic nitrogens is 2. The minimum absolute atomic E-state index is 0.149. The molecule has 0 aliphatic carbocycles. The van der Waals surface area contributed by atoms with Crippen molar-refractivity contribution in [3.8, 4) is 0 Å². The van der Waals surface area contributed by atoms with Crippen LogP contribution in [-0.4, -0.2) is 15.5 Å². The zero-order chi connectivity index (χ0) is 21.2. The second kappa shape index (κ2) is 7.84. The average molecular weight is 407 g/mol. The molecule has 0 unspecified atom stereocenters. The van der Waals surface area contributed by atoms with Gasteiger partial charge in [0.05, 0.1) is 17.6 Å². The third-order valence-electron chi connectivity index (χ3n) is 5.25. The molecule has 1 amide bonds. The van der Waals surface area contributed by atoms with E-state index in [0.717, 1.165) is 40.3 Å². The summed E-state index contributed by atoms with van der Waals surface area (Å²) in [5.74, 6) is -0.149. The SMILES string of the molecule is Nc1ccc2c(c1)/C(=C(/Nc1ccc(Cn3ccnc3)cc1)c1ccccc1)C(=O)N2. The number of nitrogens with zero attached hydrogens (tertiary/aromatic N) is 2. The fourth-order valence-corrected chi connectivity index (χ4v) is 3.75. The average Bonchev–Trinajstić information content (AvgIpc) is 3.41. The first-order valence-electron chi connectivity index (χ1n) is 10.00. The molecule has 0 spiro atoms. The lowest BCUT2D eigenvalue weighted by Gasteiger charge is -2.15. The predicted molar refractivity (Wildman–Crippen MR) is 124 cm³/mol. The summed E-state index contributed by atoms with van der Waals surface area (Å²) < 4.78 is 2.02. The van der Waals surface area contributed by atoms with Crippen LogP contribution in [0, 0.1) is 0 Å². The van der Waals surface area contributed by atoms with Crippen molar-refractivity contribution in [2.75, 3.05) is 16.4 Å². The van der Waals surface area contributed by atoms with E-state index in [1.165, 1.54) is 0 Å². The highest BCUT2D eigenvalue weighted by molar-refractivity contribution is 6.37. The number of rotatable bonds is 5. The van der Waals surface area contributed by atoms with Gasteiger partial charge < -0.3 is 20.9 Å². The number of nitrogens with one attached hydrogen (secondary N) is 2. The Kier molecular flexibility index (Phi) is 4.72. The number of benzene rings is 3. The molecule has 1 aliphatic rings. The molecule has 0 atom stereocenters. The third kappa shape index (κ3) is 3.79. The van der Waals surface area contributed by atoms with Crippen LogP contribution in [0.5, 0.6) is 0 Å². The van der Waals surface area contributed by atoms with Gasteiger partial charge in [0.25, 0.3) is 5.91 Å². The number of hydrogen-bond donors (Lipinski definition) is 3. The number of carbonyl (C=O) groups excluding carboxylic acids is 1. The Balaban J connectivity index is 1.54. The summed E-state index contributed by atoms with van der Waals surface area (Å²) >= 11 is 0. The van der Waals surface area contributed by atoms with Crippen molar-refractivity contribution in [1.29, 1.82) is 0 Å². The van der Waals surface area contributed by atoms with Crippen molar-refractivity contribution in [3.05, 3.63) is 108 Å². The summed E-state index contributed by atoms with van der Waals surface area (Å²) in [7, 11) is 0. The van der Waals surface area contributed by atoms with E-state index in [0.29, 0.717) is 11.3 Å². The van der Waals surface area contributed by atoms with E-state index in [-0.39, 0.29) is 5.91 Å². The summed E-state index contributed by atoms with van der Waals surface area (Å²) in [5.41, 5.74) is 12.5. The van der Waals surface area contributed by atoms with E-state index in [4.69, 9.17) is 5.73 Å². The van der Waals surface area contributed by atoms with Crippen LogP contribution in [0.25, 0.3) is 11.3 Å². The Bertz CT molecular complexity index is 1260. The molecule has 152 valence electrons. The number of hydrogen-bond acceptors (Lipinski definition) is 4. The van der Waals surface area contributed by atoms with Crippen LogP contribution in [0.15, 0.2) is 91.5 Å². The highest BCUT2D eigenvalue weighted by Crippen LogP contribution is 2.38. The molecule has 0 saturated heterocycles. The molecule has 1 aliphatic heterocycles. The molecule has 3 aromatic carbocycles. The van der Waals surface area contributed by atoms with E-state index >= 15 is 0 Å². The van der Waals surface area contributed by atoms with E-state index in [9.17, 15) is 4.79 Å². The van der Waals surface area contributed by atoms with Crippen LogP contribution in [0.4, 0.5) is 17.1 Å². The van der Waals surface area contributed by atoms with Crippen LogP contribution >= 0.6 is 0 Å². The lowest BCUT2D eigenvalue weighted by Crippen LogP contribution is -2.10. The van der Waals surface area contributed by atoms with Gasteiger partial charge in [0, 0.05) is 41.6 Å². The molecule has 0 saturated carbocycles. The van der Waals surface area contributed by atoms with Crippen LogP contribution in [0.2, 0.25) is 0 Å². The monoisotopic (exact) mass is 407 g/mol. The van der Waals surface area contributed by atoms with Gasteiger partial charge in [-0.2, -0.15) is 0 Å². The molecule has 2 heterocycles. The summed E-state index contributed by atoms with van der Waals surface area (Å²) in [6.45, 7) is 0.752. The third-order valence-corrected chi connectivity index (χ3v) is 5.25. The molecular weight excluding hydrogens is 386 g/mol. The van der Waals surface area contributed by atoms with Gasteiger partial charge in [-0.05, 0) is 41.5 Å². The van der Waals surface area contributed by atoms with Crippen molar-refractivity contribution < 1.29 is 4.79 Å². The van der Waals surface area contributed by atoms with Crippen LogP contribution in [-0.2, 0) is 11.3 Å². The molecule has 4 N–H and O–H groups in total. The van der Waals surface area contributed by atoms with Gasteiger partial charge in [-0.25, -0.2) is 4.98 Å². The first kappa shape index (κ1) is 18.7. The topological polar surface area (TPSA) is 85.0 Å². The van der Waals surface area contributed by atoms with Crippen molar-refractivity contribution in [3.63, 3.8) is 0 Å². The Labute approximate surface area is 180 Å². The fourth-order valence-electron chi connectivity index (χ4n) is 3.75. The van der Waals surface area contributed by atoms with Crippen LogP contribution in [0.1, 0.15) is 16.7 Å². The quantitative estimate of drug-likeness (QED) is 0.337. The first-order chi connectivity index (χ1) is 15.2. The Morgan fingerprint density at radius 3 is 2.58 bits per heavy atom. The number of anilines is 3. The van der Waals surface area contributed by atoms with Gasteiger partial charge in [0.2, 0.25) is 0 Å². The minimum atomic E-state index is -0.149. The maximum absolute atomic E-state index is 12.9.